The van der Waals surface area contributed by atoms with Crippen LogP contribution in [0.5, 0.6) is 0 Å². The first-order chi connectivity index (χ1) is 12.2. The molecule has 1 aliphatic rings. The molecule has 1 fully saturated rings. The van der Waals surface area contributed by atoms with Crippen molar-refractivity contribution in [3.63, 3.8) is 0 Å². The van der Waals surface area contributed by atoms with Gasteiger partial charge in [-0.15, -0.1) is 0 Å². The minimum atomic E-state index is -0.0427. The third kappa shape index (κ3) is 5.22. The normalized spacial score (nSPS) is 21.3. The van der Waals surface area contributed by atoms with Crippen LogP contribution >= 0.6 is 0 Å². The molecule has 3 rings (SSSR count). The minimum Gasteiger partial charge on any atom is -0.349 e. The Morgan fingerprint density at radius 3 is 2.96 bits per heavy atom. The largest absolute Gasteiger partial charge is 0.349 e. The predicted octanol–water partition coefficient (Wildman–Crippen LogP) is 2.52. The van der Waals surface area contributed by atoms with E-state index >= 15 is 0 Å². The van der Waals surface area contributed by atoms with Gasteiger partial charge in [-0.25, -0.2) is 0 Å². The fraction of sp³-hybridized carbons (Fsp3) is 0.350. The summed E-state index contributed by atoms with van der Waals surface area (Å²) in [7, 11) is 0. The van der Waals surface area contributed by atoms with E-state index in [1.807, 2.05) is 30.5 Å². The fourth-order valence-corrected chi connectivity index (χ4v) is 3.19. The van der Waals surface area contributed by atoms with Crippen molar-refractivity contribution in [2.24, 2.45) is 5.92 Å². The molecule has 5 nitrogen and oxygen atoms in total. The first-order valence-electron chi connectivity index (χ1n) is 8.71. The van der Waals surface area contributed by atoms with Gasteiger partial charge in [0.15, 0.2) is 0 Å². The molecule has 0 unspecified atom stereocenters. The summed E-state index contributed by atoms with van der Waals surface area (Å²) in [6.45, 7) is 5.00. The minimum absolute atomic E-state index is 0.0427. The number of likely N-dealkylation sites (tertiary alicyclic amines) is 1. The van der Waals surface area contributed by atoms with Crippen molar-refractivity contribution < 1.29 is 4.79 Å². The third-order valence-electron chi connectivity index (χ3n) is 4.54. The molecule has 1 saturated heterocycles. The van der Waals surface area contributed by atoms with E-state index in [1.165, 1.54) is 0 Å². The Morgan fingerprint density at radius 1 is 1.32 bits per heavy atom. The standard InChI is InChI=1S/C20H24N4O/c1-16-14-24(15-18-6-2-3-11-22-18)12-9-19(16)23-20(25)8-7-17-5-4-10-21-13-17/h2-8,10-11,13,16,19H,9,12,14-15H2,1H3,(H,23,25)/b8-7+/t16-,19-/m0/s1. The van der Waals surface area contributed by atoms with Crippen molar-refractivity contribution in [2.45, 2.75) is 25.9 Å². The number of carbonyl (C=O) groups excluding carboxylic acids is 1. The number of piperidine rings is 1. The van der Waals surface area contributed by atoms with Crippen molar-refractivity contribution >= 4 is 12.0 Å². The van der Waals surface area contributed by atoms with Crippen LogP contribution < -0.4 is 5.32 Å². The summed E-state index contributed by atoms with van der Waals surface area (Å²) in [5.41, 5.74) is 2.02. The molecule has 1 aliphatic heterocycles. The van der Waals surface area contributed by atoms with Crippen molar-refractivity contribution in [1.29, 1.82) is 0 Å². The van der Waals surface area contributed by atoms with Gasteiger partial charge in [-0.05, 0) is 42.2 Å². The molecule has 0 aromatic carbocycles. The van der Waals surface area contributed by atoms with Gasteiger partial charge in [-0.1, -0.05) is 19.1 Å². The average molecular weight is 336 g/mol. The summed E-state index contributed by atoms with van der Waals surface area (Å²) in [5, 5.41) is 3.13. The Morgan fingerprint density at radius 2 is 2.24 bits per heavy atom. The molecule has 2 aromatic heterocycles. The highest BCUT2D eigenvalue weighted by Gasteiger charge is 2.26. The van der Waals surface area contributed by atoms with Crippen molar-refractivity contribution in [1.82, 2.24) is 20.2 Å². The molecule has 0 saturated carbocycles. The van der Waals surface area contributed by atoms with E-state index in [-0.39, 0.29) is 11.9 Å². The number of nitrogens with zero attached hydrogens (tertiary/aromatic N) is 3. The molecule has 1 amide bonds. The third-order valence-corrected chi connectivity index (χ3v) is 4.54. The van der Waals surface area contributed by atoms with E-state index in [4.69, 9.17) is 0 Å². The van der Waals surface area contributed by atoms with Crippen LogP contribution in [0.4, 0.5) is 0 Å². The Balaban J connectivity index is 1.48. The molecule has 0 spiro atoms. The molecule has 1 N–H and O–H groups in total. The molecule has 2 atom stereocenters. The number of nitrogens with one attached hydrogen (secondary N) is 1. The van der Waals surface area contributed by atoms with E-state index in [0.29, 0.717) is 5.92 Å². The van der Waals surface area contributed by atoms with Gasteiger partial charge in [-0.3, -0.25) is 19.7 Å². The van der Waals surface area contributed by atoms with Crippen LogP contribution in [0, 0.1) is 5.92 Å². The number of hydrogen-bond donors (Lipinski definition) is 1. The molecule has 5 heteroatoms. The van der Waals surface area contributed by atoms with E-state index in [0.717, 1.165) is 37.3 Å². The molecular formula is C20H24N4O. The van der Waals surface area contributed by atoms with Gasteiger partial charge in [0.05, 0.1) is 5.69 Å². The fourth-order valence-electron chi connectivity index (χ4n) is 3.19. The zero-order valence-electron chi connectivity index (χ0n) is 14.5. The number of pyridine rings is 2. The number of hydrogen-bond acceptors (Lipinski definition) is 4. The molecule has 2 aromatic rings. The van der Waals surface area contributed by atoms with E-state index in [1.54, 1.807) is 24.5 Å². The lowest BCUT2D eigenvalue weighted by Gasteiger charge is -2.37. The van der Waals surface area contributed by atoms with Crippen LogP contribution in [0.25, 0.3) is 6.08 Å². The van der Waals surface area contributed by atoms with Gasteiger partial charge in [0.25, 0.3) is 0 Å². The Bertz CT molecular complexity index is 702. The number of carbonyl (C=O) groups is 1. The molecule has 0 bridgehead atoms. The van der Waals surface area contributed by atoms with E-state index in [2.05, 4.69) is 33.2 Å². The summed E-state index contributed by atoms with van der Waals surface area (Å²) in [6.07, 6.45) is 9.63. The Labute approximate surface area is 148 Å². The number of amides is 1. The lowest BCUT2D eigenvalue weighted by Crippen LogP contribution is -2.49. The summed E-state index contributed by atoms with van der Waals surface area (Å²) in [6, 6.07) is 10.0. The van der Waals surface area contributed by atoms with Gasteiger partial charge in [0.1, 0.15) is 0 Å². The van der Waals surface area contributed by atoms with E-state index < -0.39 is 0 Å². The van der Waals surface area contributed by atoms with Gasteiger partial charge < -0.3 is 5.32 Å². The summed E-state index contributed by atoms with van der Waals surface area (Å²) >= 11 is 0. The maximum absolute atomic E-state index is 12.2. The quantitative estimate of drug-likeness (QED) is 0.853. The molecule has 130 valence electrons. The lowest BCUT2D eigenvalue weighted by molar-refractivity contribution is -0.117. The highest BCUT2D eigenvalue weighted by atomic mass is 16.1. The smallest absolute Gasteiger partial charge is 0.244 e. The predicted molar refractivity (Wildman–Crippen MR) is 98.5 cm³/mol. The highest BCUT2D eigenvalue weighted by molar-refractivity contribution is 5.91. The average Bonchev–Trinajstić information content (AvgIpc) is 2.64. The topological polar surface area (TPSA) is 58.1 Å². The summed E-state index contributed by atoms with van der Waals surface area (Å²) < 4.78 is 0. The van der Waals surface area contributed by atoms with Gasteiger partial charge in [0, 0.05) is 50.3 Å². The van der Waals surface area contributed by atoms with Crippen LogP contribution in [0.3, 0.4) is 0 Å². The Kier molecular flexibility index (Phi) is 5.90. The molecular weight excluding hydrogens is 312 g/mol. The summed E-state index contributed by atoms with van der Waals surface area (Å²) in [4.78, 5) is 23.0. The maximum Gasteiger partial charge on any atom is 0.244 e. The lowest BCUT2D eigenvalue weighted by atomic mass is 9.93. The van der Waals surface area contributed by atoms with E-state index in [9.17, 15) is 4.79 Å². The van der Waals surface area contributed by atoms with Crippen LogP contribution in [0.1, 0.15) is 24.6 Å². The van der Waals surface area contributed by atoms with Crippen molar-refractivity contribution in [3.8, 4) is 0 Å². The zero-order chi connectivity index (χ0) is 17.5. The second-order valence-electron chi connectivity index (χ2n) is 6.56. The van der Waals surface area contributed by atoms with Crippen LogP contribution in [-0.4, -0.2) is 39.9 Å². The zero-order valence-corrected chi connectivity index (χ0v) is 14.5. The van der Waals surface area contributed by atoms with Crippen LogP contribution in [0.15, 0.2) is 55.0 Å². The monoisotopic (exact) mass is 336 g/mol. The first-order valence-corrected chi connectivity index (χ1v) is 8.71. The molecule has 25 heavy (non-hydrogen) atoms. The SMILES string of the molecule is C[C@H]1CN(Cc2ccccn2)CC[C@@H]1NC(=O)/C=C/c1cccnc1. The van der Waals surface area contributed by atoms with Crippen LogP contribution in [0.2, 0.25) is 0 Å². The second-order valence-corrected chi connectivity index (χ2v) is 6.56. The first kappa shape index (κ1) is 17.3. The van der Waals surface area contributed by atoms with Crippen LogP contribution in [-0.2, 0) is 11.3 Å². The Hall–Kier alpha value is -2.53. The summed E-state index contributed by atoms with van der Waals surface area (Å²) in [5.74, 6) is 0.368. The second kappa shape index (κ2) is 8.53. The van der Waals surface area contributed by atoms with Gasteiger partial charge in [0.2, 0.25) is 5.91 Å². The number of rotatable bonds is 5. The molecule has 0 aliphatic carbocycles. The maximum atomic E-state index is 12.2. The van der Waals surface area contributed by atoms with Gasteiger partial charge >= 0.3 is 0 Å². The van der Waals surface area contributed by atoms with Gasteiger partial charge in [-0.2, -0.15) is 0 Å². The molecule has 0 radical (unpaired) electrons. The van der Waals surface area contributed by atoms with Crippen molar-refractivity contribution in [3.05, 3.63) is 66.3 Å². The number of aromatic nitrogens is 2. The highest BCUT2D eigenvalue weighted by Crippen LogP contribution is 2.18. The molecule has 3 heterocycles. The van der Waals surface area contributed by atoms with Crippen molar-refractivity contribution in [2.75, 3.05) is 13.1 Å².